The largest absolute Gasteiger partial charge is 0.254 e. The number of hydrogen-bond acceptors (Lipinski definition) is 1. The van der Waals surface area contributed by atoms with Gasteiger partial charge in [-0.15, -0.1) is 0 Å². The van der Waals surface area contributed by atoms with Crippen molar-refractivity contribution in [3.05, 3.63) is 63.9 Å². The number of rotatable bonds is 3. The second-order valence-electron chi connectivity index (χ2n) is 3.65. The molecule has 0 saturated carbocycles. The molecule has 5 heteroatoms. The van der Waals surface area contributed by atoms with E-state index in [0.29, 0.717) is 20.5 Å². The molecular weight excluding hydrogens is 294 g/mol. The number of benzene rings is 2. The Morgan fingerprint density at radius 1 is 1.06 bits per heavy atom. The molecule has 0 N–H and O–H groups in total. The second-order valence-corrected chi connectivity index (χ2v) is 5.91. The molecule has 0 amide bonds. The van der Waals surface area contributed by atoms with Gasteiger partial charge in [0, 0.05) is 20.5 Å². The van der Waals surface area contributed by atoms with Crippen LogP contribution in [0.1, 0.15) is 5.56 Å². The van der Waals surface area contributed by atoms with Crippen molar-refractivity contribution in [1.82, 2.24) is 0 Å². The van der Waals surface area contributed by atoms with Crippen LogP contribution >= 0.6 is 23.2 Å². The maximum Gasteiger partial charge on any atom is 0.124 e. The van der Waals surface area contributed by atoms with Crippen molar-refractivity contribution in [1.29, 1.82) is 0 Å². The predicted octanol–water partition coefficient (Wildman–Crippen LogP) is 4.44. The minimum Gasteiger partial charge on any atom is -0.254 e. The van der Waals surface area contributed by atoms with E-state index in [1.807, 2.05) is 0 Å². The lowest BCUT2D eigenvalue weighted by Crippen LogP contribution is -1.98. The quantitative estimate of drug-likeness (QED) is 0.819. The van der Waals surface area contributed by atoms with E-state index in [9.17, 15) is 8.60 Å². The van der Waals surface area contributed by atoms with Gasteiger partial charge in [0.1, 0.15) is 5.82 Å². The molecule has 1 nitrogen and oxygen atoms in total. The van der Waals surface area contributed by atoms with Gasteiger partial charge in [-0.2, -0.15) is 0 Å². The van der Waals surface area contributed by atoms with Gasteiger partial charge in [0.2, 0.25) is 0 Å². The Balaban J connectivity index is 2.27. The van der Waals surface area contributed by atoms with Crippen LogP contribution in [0.25, 0.3) is 0 Å². The molecule has 1 atom stereocenters. The average molecular weight is 303 g/mol. The van der Waals surface area contributed by atoms with E-state index in [0.717, 1.165) is 0 Å². The lowest BCUT2D eigenvalue weighted by molar-refractivity contribution is 0.622. The first-order chi connectivity index (χ1) is 8.58. The summed E-state index contributed by atoms with van der Waals surface area (Å²) in [5.41, 5.74) is 0.614. The molecule has 0 aliphatic carbocycles. The van der Waals surface area contributed by atoms with Gasteiger partial charge in [-0.05, 0) is 30.3 Å². The molecule has 0 saturated heterocycles. The molecule has 94 valence electrons. The molecule has 0 fully saturated rings. The highest BCUT2D eigenvalue weighted by Gasteiger charge is 2.11. The van der Waals surface area contributed by atoms with Gasteiger partial charge >= 0.3 is 0 Å². The standard InChI is InChI=1S/C13H9Cl2FOS/c14-12-5-2-6-13(15)11(12)8-18(17)10-4-1-3-9(16)7-10/h1-7H,8H2. The molecule has 18 heavy (non-hydrogen) atoms. The van der Waals surface area contributed by atoms with Crippen LogP contribution in [0.2, 0.25) is 10.0 Å². The van der Waals surface area contributed by atoms with Crippen molar-refractivity contribution >= 4 is 34.0 Å². The fourth-order valence-corrected chi connectivity index (χ4v) is 3.40. The molecule has 0 aliphatic rings. The third-order valence-corrected chi connectivity index (χ3v) is 4.43. The third kappa shape index (κ3) is 3.10. The van der Waals surface area contributed by atoms with E-state index in [4.69, 9.17) is 23.2 Å². The van der Waals surface area contributed by atoms with Crippen LogP contribution in [0.5, 0.6) is 0 Å². The first-order valence-corrected chi connectivity index (χ1v) is 7.22. The van der Waals surface area contributed by atoms with Gasteiger partial charge in [-0.3, -0.25) is 4.21 Å². The molecule has 2 aromatic carbocycles. The van der Waals surface area contributed by atoms with Crippen molar-refractivity contribution in [2.45, 2.75) is 10.6 Å². The highest BCUT2D eigenvalue weighted by molar-refractivity contribution is 7.84. The van der Waals surface area contributed by atoms with Crippen LogP contribution in [-0.2, 0) is 16.6 Å². The summed E-state index contributed by atoms with van der Waals surface area (Å²) >= 11 is 12.0. The van der Waals surface area contributed by atoms with Gasteiger partial charge in [-0.25, -0.2) is 4.39 Å². The monoisotopic (exact) mass is 302 g/mol. The van der Waals surface area contributed by atoms with Crippen molar-refractivity contribution < 1.29 is 8.60 Å². The van der Waals surface area contributed by atoms with Crippen molar-refractivity contribution in [2.75, 3.05) is 0 Å². The topological polar surface area (TPSA) is 17.1 Å². The summed E-state index contributed by atoms with van der Waals surface area (Å²) in [6, 6.07) is 10.8. The Labute approximate surface area is 117 Å². The average Bonchev–Trinajstić information content (AvgIpc) is 2.34. The summed E-state index contributed by atoms with van der Waals surface area (Å²) in [5.74, 6) is -0.242. The summed E-state index contributed by atoms with van der Waals surface area (Å²) in [4.78, 5) is 0.422. The fraction of sp³-hybridized carbons (Fsp3) is 0.0769. The minimum atomic E-state index is -1.37. The van der Waals surface area contributed by atoms with E-state index in [1.165, 1.54) is 18.2 Å². The second kappa shape index (κ2) is 5.83. The molecule has 2 rings (SSSR count). The van der Waals surface area contributed by atoms with Crippen LogP contribution in [0, 0.1) is 5.82 Å². The Morgan fingerprint density at radius 3 is 2.28 bits per heavy atom. The first-order valence-electron chi connectivity index (χ1n) is 5.15. The highest BCUT2D eigenvalue weighted by Crippen LogP contribution is 2.27. The van der Waals surface area contributed by atoms with Crippen LogP contribution in [-0.4, -0.2) is 4.21 Å². The van der Waals surface area contributed by atoms with E-state index in [-0.39, 0.29) is 5.75 Å². The molecule has 1 unspecified atom stereocenters. The Kier molecular flexibility index (Phi) is 4.38. The van der Waals surface area contributed by atoms with Crippen molar-refractivity contribution in [3.8, 4) is 0 Å². The smallest absolute Gasteiger partial charge is 0.124 e. The van der Waals surface area contributed by atoms with Crippen molar-refractivity contribution in [3.63, 3.8) is 0 Å². The minimum absolute atomic E-state index is 0.169. The van der Waals surface area contributed by atoms with E-state index >= 15 is 0 Å². The molecule has 0 spiro atoms. The molecule has 0 aliphatic heterocycles. The highest BCUT2D eigenvalue weighted by atomic mass is 35.5. The van der Waals surface area contributed by atoms with Gasteiger partial charge in [-0.1, -0.05) is 35.3 Å². The lowest BCUT2D eigenvalue weighted by Gasteiger charge is -2.07. The SMILES string of the molecule is O=S(Cc1c(Cl)cccc1Cl)c1cccc(F)c1. The summed E-state index contributed by atoms with van der Waals surface area (Å²) in [5, 5.41) is 0.930. The number of halogens is 3. The Bertz CT molecular complexity index is 581. The predicted molar refractivity (Wildman–Crippen MR) is 73.0 cm³/mol. The van der Waals surface area contributed by atoms with Gasteiger partial charge in [0.25, 0.3) is 0 Å². The number of hydrogen-bond donors (Lipinski definition) is 0. The molecule has 0 bridgehead atoms. The van der Waals surface area contributed by atoms with E-state index in [1.54, 1.807) is 24.3 Å². The molecule has 0 radical (unpaired) electrons. The molecule has 0 aromatic heterocycles. The molecular formula is C13H9Cl2FOS. The molecule has 0 heterocycles. The van der Waals surface area contributed by atoms with Gasteiger partial charge < -0.3 is 0 Å². The van der Waals surface area contributed by atoms with Gasteiger partial charge in [0.15, 0.2) is 0 Å². The summed E-state index contributed by atoms with van der Waals surface area (Å²) in [6.07, 6.45) is 0. The van der Waals surface area contributed by atoms with Crippen LogP contribution in [0.3, 0.4) is 0 Å². The lowest BCUT2D eigenvalue weighted by atomic mass is 10.2. The third-order valence-electron chi connectivity index (χ3n) is 2.40. The maximum atomic E-state index is 13.0. The van der Waals surface area contributed by atoms with Crippen LogP contribution in [0.15, 0.2) is 47.4 Å². The zero-order chi connectivity index (χ0) is 13.1. The fourth-order valence-electron chi connectivity index (χ4n) is 1.49. The van der Waals surface area contributed by atoms with Crippen LogP contribution in [0.4, 0.5) is 4.39 Å². The zero-order valence-corrected chi connectivity index (χ0v) is 11.5. The van der Waals surface area contributed by atoms with E-state index < -0.39 is 16.6 Å². The van der Waals surface area contributed by atoms with Gasteiger partial charge in [0.05, 0.1) is 16.6 Å². The molecule has 2 aromatic rings. The van der Waals surface area contributed by atoms with Crippen LogP contribution < -0.4 is 0 Å². The summed E-state index contributed by atoms with van der Waals surface area (Å²) < 4.78 is 25.1. The maximum absolute atomic E-state index is 13.0. The first kappa shape index (κ1) is 13.5. The summed E-state index contributed by atoms with van der Waals surface area (Å²) in [7, 11) is -1.37. The normalized spacial score (nSPS) is 12.4. The summed E-state index contributed by atoms with van der Waals surface area (Å²) in [6.45, 7) is 0. The van der Waals surface area contributed by atoms with Crippen molar-refractivity contribution in [2.24, 2.45) is 0 Å². The zero-order valence-electron chi connectivity index (χ0n) is 9.20. The van der Waals surface area contributed by atoms with E-state index in [2.05, 4.69) is 0 Å². The Morgan fingerprint density at radius 2 is 1.67 bits per heavy atom. The Hall–Kier alpha value is -0.900.